The van der Waals surface area contributed by atoms with Gasteiger partial charge in [-0.15, -0.1) is 12.2 Å². The van der Waals surface area contributed by atoms with Crippen molar-refractivity contribution < 1.29 is 32.7 Å². The van der Waals surface area contributed by atoms with Crippen LogP contribution in [-0.4, -0.2) is 0 Å². The molecule has 1 radical (unpaired) electrons. The van der Waals surface area contributed by atoms with Gasteiger partial charge in [0, 0.05) is 32.7 Å². The van der Waals surface area contributed by atoms with E-state index in [1.807, 2.05) is 6.92 Å². The van der Waals surface area contributed by atoms with Gasteiger partial charge in [-0.1, -0.05) is 24.3 Å². The summed E-state index contributed by atoms with van der Waals surface area (Å²) < 4.78 is 0. The molecule has 0 unspecified atom stereocenters. The molecule has 73 valence electrons. The molecule has 0 aliphatic carbocycles. The minimum Gasteiger partial charge on any atom is -0.358 e. The van der Waals surface area contributed by atoms with Crippen LogP contribution in [-0.2, 0) is 32.7 Å². The Balaban J connectivity index is -0.000000500. The number of hydrogen-bond acceptors (Lipinski definition) is 0. The molecule has 1 heteroatoms. The van der Waals surface area contributed by atoms with E-state index < -0.39 is 0 Å². The van der Waals surface area contributed by atoms with E-state index in [0.717, 1.165) is 30.4 Å². The Labute approximate surface area is 109 Å². The monoisotopic (exact) mass is 253 g/mol. The van der Waals surface area contributed by atoms with Crippen molar-refractivity contribution >= 4 is 0 Å². The van der Waals surface area contributed by atoms with Crippen LogP contribution in [0.5, 0.6) is 0 Å². The van der Waals surface area contributed by atoms with E-state index in [2.05, 4.69) is 26.7 Å². The maximum atomic E-state index is 3.93. The normalized spacial score (nSPS) is 7.85. The smallest absolute Gasteiger partial charge is 0 e. The summed E-state index contributed by atoms with van der Waals surface area (Å²) in [6, 6.07) is 0. The molecule has 0 heterocycles. The molecule has 0 saturated carbocycles. The molecule has 0 aromatic carbocycles. The minimum absolute atomic E-state index is 0. The van der Waals surface area contributed by atoms with Crippen molar-refractivity contribution in [3.8, 4) is 0 Å². The third-order valence-electron chi connectivity index (χ3n) is 1.41. The molecule has 0 spiro atoms. The van der Waals surface area contributed by atoms with Gasteiger partial charge in [0.25, 0.3) is 0 Å². The van der Waals surface area contributed by atoms with Crippen molar-refractivity contribution in [3.63, 3.8) is 0 Å². The van der Waals surface area contributed by atoms with Crippen molar-refractivity contribution in [2.75, 3.05) is 0 Å². The fourth-order valence-electron chi connectivity index (χ4n) is 0.931. The topological polar surface area (TPSA) is 0 Å². The minimum atomic E-state index is 0. The molecule has 0 aromatic rings. The second-order valence-corrected chi connectivity index (χ2v) is 3.06. The van der Waals surface area contributed by atoms with Crippen molar-refractivity contribution in [1.29, 1.82) is 0 Å². The molecule has 0 nitrogen and oxygen atoms in total. The Bertz CT molecular complexity index is 178. The van der Waals surface area contributed by atoms with Crippen LogP contribution in [0.25, 0.3) is 0 Å². The second kappa shape index (κ2) is 10.4. The van der Waals surface area contributed by atoms with Crippen molar-refractivity contribution in [2.45, 2.75) is 26.2 Å². The zero-order valence-corrected chi connectivity index (χ0v) is 11.9. The van der Waals surface area contributed by atoms with Gasteiger partial charge in [-0.2, -0.15) is 6.42 Å². The number of allylic oxidation sites excluding steroid dienone is 3. The number of rotatable bonds is 5. The average molecular weight is 253 g/mol. The summed E-state index contributed by atoms with van der Waals surface area (Å²) in [7, 11) is 0. The van der Waals surface area contributed by atoms with Gasteiger partial charge in [0.05, 0.1) is 0 Å². The summed E-state index contributed by atoms with van der Waals surface area (Å²) in [5.74, 6) is 0. The molecule has 0 amide bonds. The SMILES string of the molecule is C=C(C)CC(=C)CC(=C)C[CH2-].[CH3-].[Y]. The van der Waals surface area contributed by atoms with Crippen LogP contribution in [0.1, 0.15) is 26.2 Å². The zero-order chi connectivity index (χ0) is 8.85. The van der Waals surface area contributed by atoms with E-state index in [1.165, 1.54) is 5.57 Å². The fraction of sp³-hybridized carbons (Fsp3) is 0.333. The predicted octanol–water partition coefficient (Wildman–Crippen LogP) is 4.13. The molecular weight excluding hydrogens is 233 g/mol. The zero-order valence-electron chi connectivity index (χ0n) is 9.03. The molecule has 0 saturated heterocycles. The Morgan fingerprint density at radius 2 is 1.54 bits per heavy atom. The van der Waals surface area contributed by atoms with Crippen LogP contribution >= 0.6 is 0 Å². The van der Waals surface area contributed by atoms with E-state index in [9.17, 15) is 0 Å². The summed E-state index contributed by atoms with van der Waals surface area (Å²) in [6.07, 6.45) is 2.62. The first kappa shape index (κ1) is 19.0. The first-order chi connectivity index (χ1) is 5.06. The van der Waals surface area contributed by atoms with Gasteiger partial charge >= 0.3 is 0 Å². The summed E-state index contributed by atoms with van der Waals surface area (Å²) in [4.78, 5) is 0. The molecule has 0 aliphatic rings. The maximum Gasteiger partial charge on any atom is 0 e. The Hall–Kier alpha value is 0.324. The Morgan fingerprint density at radius 3 is 1.85 bits per heavy atom. The maximum absolute atomic E-state index is 3.93. The van der Waals surface area contributed by atoms with Crippen molar-refractivity contribution in [2.24, 2.45) is 0 Å². The van der Waals surface area contributed by atoms with Crippen molar-refractivity contribution in [1.82, 2.24) is 0 Å². The van der Waals surface area contributed by atoms with Crippen LogP contribution in [0, 0.1) is 14.4 Å². The first-order valence-corrected chi connectivity index (χ1v) is 3.83. The van der Waals surface area contributed by atoms with Crippen LogP contribution < -0.4 is 0 Å². The van der Waals surface area contributed by atoms with Gasteiger partial charge in [-0.25, -0.2) is 0 Å². The van der Waals surface area contributed by atoms with Gasteiger partial charge < -0.3 is 14.4 Å². The summed E-state index contributed by atoms with van der Waals surface area (Å²) in [6.45, 7) is 17.4. The number of hydrogen-bond donors (Lipinski definition) is 0. The van der Waals surface area contributed by atoms with Gasteiger partial charge in [0.2, 0.25) is 0 Å². The van der Waals surface area contributed by atoms with Crippen LogP contribution in [0.2, 0.25) is 0 Å². The van der Waals surface area contributed by atoms with Crippen LogP contribution in [0.3, 0.4) is 0 Å². The van der Waals surface area contributed by atoms with E-state index in [-0.39, 0.29) is 40.1 Å². The van der Waals surface area contributed by atoms with E-state index in [0.29, 0.717) is 0 Å². The summed E-state index contributed by atoms with van der Waals surface area (Å²) in [5, 5.41) is 0. The predicted molar refractivity (Wildman–Crippen MR) is 58.7 cm³/mol. The molecule has 0 N–H and O–H groups in total. The first-order valence-electron chi connectivity index (χ1n) is 3.83. The second-order valence-electron chi connectivity index (χ2n) is 3.06. The standard InChI is InChI=1S/C11H17.CH3.Y/c1-6-10(4)8-11(5)7-9(2)3;;/h1-2,4-8H2,3H3;1H3;/q2*-1;. The molecular formula is C12H20Y-2. The van der Waals surface area contributed by atoms with Crippen molar-refractivity contribution in [3.05, 3.63) is 50.8 Å². The average Bonchev–Trinajstić information content (AvgIpc) is 1.85. The quantitative estimate of drug-likeness (QED) is 0.510. The van der Waals surface area contributed by atoms with Gasteiger partial charge in [0.1, 0.15) is 0 Å². The van der Waals surface area contributed by atoms with E-state index >= 15 is 0 Å². The van der Waals surface area contributed by atoms with Crippen LogP contribution in [0.4, 0.5) is 0 Å². The van der Waals surface area contributed by atoms with Gasteiger partial charge in [-0.05, 0) is 19.8 Å². The third kappa shape index (κ3) is 12.3. The van der Waals surface area contributed by atoms with Gasteiger partial charge in [0.15, 0.2) is 0 Å². The largest absolute Gasteiger partial charge is 0.358 e. The molecule has 0 rings (SSSR count). The van der Waals surface area contributed by atoms with Crippen LogP contribution in [0.15, 0.2) is 36.5 Å². The molecule has 13 heavy (non-hydrogen) atoms. The summed E-state index contributed by atoms with van der Waals surface area (Å²) in [5.41, 5.74) is 3.49. The molecule has 0 fully saturated rings. The van der Waals surface area contributed by atoms with Gasteiger partial charge in [-0.3, -0.25) is 0 Å². The fourth-order valence-corrected chi connectivity index (χ4v) is 0.931. The van der Waals surface area contributed by atoms with E-state index in [1.54, 1.807) is 0 Å². The molecule has 0 atom stereocenters. The summed E-state index contributed by atoms with van der Waals surface area (Å²) >= 11 is 0. The third-order valence-corrected chi connectivity index (χ3v) is 1.41. The molecule has 0 aromatic heterocycles. The molecule has 0 bridgehead atoms. The molecule has 0 aliphatic heterocycles. The van der Waals surface area contributed by atoms with E-state index in [4.69, 9.17) is 0 Å². The Kier molecular flexibility index (Phi) is 15.2. The Morgan fingerprint density at radius 1 is 1.08 bits per heavy atom.